The molecule has 0 aromatic carbocycles. The van der Waals surface area contributed by atoms with Crippen molar-refractivity contribution in [1.82, 2.24) is 0 Å². The molecule has 5 atom stereocenters. The lowest BCUT2D eigenvalue weighted by molar-refractivity contribution is -0.241. The Morgan fingerprint density at radius 3 is 2.58 bits per heavy atom. The number of rotatable bonds is 0. The molecule has 24 heavy (non-hydrogen) atoms. The zero-order valence-electron chi connectivity index (χ0n) is 14.8. The highest BCUT2D eigenvalue weighted by atomic mass is 16.7. The zero-order chi connectivity index (χ0) is 16.6. The normalized spacial score (nSPS) is 48.8. The highest BCUT2D eigenvalue weighted by Crippen LogP contribution is 2.68. The predicted octanol–water partition coefficient (Wildman–Crippen LogP) is 4.04. The van der Waals surface area contributed by atoms with Gasteiger partial charge in [-0.05, 0) is 62.0 Å². The van der Waals surface area contributed by atoms with E-state index in [4.69, 9.17) is 9.47 Å². The van der Waals surface area contributed by atoms with Crippen LogP contribution in [0.4, 0.5) is 0 Å². The van der Waals surface area contributed by atoms with Gasteiger partial charge in [0.1, 0.15) is 0 Å². The molecule has 5 rings (SSSR count). The third-order valence-corrected chi connectivity index (χ3v) is 8.35. The Morgan fingerprint density at radius 2 is 1.79 bits per heavy atom. The van der Waals surface area contributed by atoms with Gasteiger partial charge in [0.15, 0.2) is 11.6 Å². The minimum atomic E-state index is -0.308. The summed E-state index contributed by atoms with van der Waals surface area (Å²) in [7, 11) is 0. The fraction of sp³-hybridized carbons (Fsp3) is 0.762. The van der Waals surface area contributed by atoms with Gasteiger partial charge in [0.25, 0.3) is 0 Å². The summed E-state index contributed by atoms with van der Waals surface area (Å²) < 4.78 is 12.4. The summed E-state index contributed by atoms with van der Waals surface area (Å²) in [5.41, 5.74) is 1.63. The molecule has 3 nitrogen and oxygen atoms in total. The summed E-state index contributed by atoms with van der Waals surface area (Å²) in [5, 5.41) is 0. The van der Waals surface area contributed by atoms with Crippen molar-refractivity contribution in [3.8, 4) is 0 Å². The van der Waals surface area contributed by atoms with Gasteiger partial charge in [0.2, 0.25) is 0 Å². The Balaban J connectivity index is 1.51. The van der Waals surface area contributed by atoms with Crippen LogP contribution in [0, 0.1) is 28.6 Å². The van der Waals surface area contributed by atoms with Crippen LogP contribution in [0.15, 0.2) is 23.8 Å². The van der Waals surface area contributed by atoms with Crippen molar-refractivity contribution in [3.05, 3.63) is 23.8 Å². The van der Waals surface area contributed by atoms with Crippen molar-refractivity contribution in [2.75, 3.05) is 13.2 Å². The molecule has 0 unspecified atom stereocenters. The number of carbonyl (C=O) groups excluding carboxylic acids is 1. The van der Waals surface area contributed by atoms with Gasteiger partial charge in [-0.25, -0.2) is 0 Å². The van der Waals surface area contributed by atoms with Crippen LogP contribution in [0.3, 0.4) is 0 Å². The molecule has 1 heterocycles. The number of ether oxygens (including phenoxy) is 2. The van der Waals surface area contributed by atoms with E-state index in [-0.39, 0.29) is 22.4 Å². The van der Waals surface area contributed by atoms with E-state index in [9.17, 15) is 4.79 Å². The van der Waals surface area contributed by atoms with Gasteiger partial charge in [0, 0.05) is 17.3 Å². The van der Waals surface area contributed by atoms with E-state index in [1.54, 1.807) is 6.08 Å². The number of hydrogen-bond acceptors (Lipinski definition) is 3. The van der Waals surface area contributed by atoms with Gasteiger partial charge < -0.3 is 9.47 Å². The number of hydrogen-bond donors (Lipinski definition) is 0. The van der Waals surface area contributed by atoms with Crippen LogP contribution in [0.1, 0.15) is 52.4 Å². The van der Waals surface area contributed by atoms with Crippen LogP contribution in [-0.2, 0) is 14.3 Å². The topological polar surface area (TPSA) is 35.5 Å². The van der Waals surface area contributed by atoms with Crippen molar-refractivity contribution >= 4 is 5.78 Å². The zero-order valence-corrected chi connectivity index (χ0v) is 14.8. The maximum atomic E-state index is 11.8. The first-order chi connectivity index (χ1) is 11.5. The van der Waals surface area contributed by atoms with Crippen LogP contribution in [0.25, 0.3) is 0 Å². The first kappa shape index (κ1) is 15.3. The maximum Gasteiger partial charge on any atom is 0.178 e. The first-order valence-electron chi connectivity index (χ1n) is 9.71. The monoisotopic (exact) mass is 328 g/mol. The third kappa shape index (κ3) is 1.73. The second-order valence-corrected chi connectivity index (χ2v) is 9.05. The molecule has 0 radical (unpaired) electrons. The van der Waals surface area contributed by atoms with Gasteiger partial charge in [-0.3, -0.25) is 4.79 Å². The van der Waals surface area contributed by atoms with Crippen LogP contribution in [0.2, 0.25) is 0 Å². The predicted molar refractivity (Wildman–Crippen MR) is 91.3 cm³/mol. The average Bonchev–Trinajstić information content (AvgIpc) is 3.15. The summed E-state index contributed by atoms with van der Waals surface area (Å²) in [5.74, 6) is 1.96. The average molecular weight is 328 g/mol. The van der Waals surface area contributed by atoms with E-state index in [1.165, 1.54) is 31.3 Å². The van der Waals surface area contributed by atoms with Gasteiger partial charge in [0.05, 0.1) is 13.2 Å². The summed E-state index contributed by atoms with van der Waals surface area (Å²) in [6.45, 7) is 6.31. The second kappa shape index (κ2) is 4.82. The van der Waals surface area contributed by atoms with Gasteiger partial charge in [-0.1, -0.05) is 25.5 Å². The SMILES string of the molecule is C[C@]12C=CC(=O)C=C1CC[C@H]1[C@H]2CC[C@]2(C)[C@@H]1CCC21OCCO1. The van der Waals surface area contributed by atoms with E-state index in [0.29, 0.717) is 11.8 Å². The Labute approximate surface area is 144 Å². The van der Waals surface area contributed by atoms with Crippen LogP contribution >= 0.6 is 0 Å². The summed E-state index contributed by atoms with van der Waals surface area (Å²) in [4.78, 5) is 11.8. The highest BCUT2D eigenvalue weighted by molar-refractivity contribution is 6.01. The molecule has 0 bridgehead atoms. The molecule has 4 fully saturated rings. The summed E-state index contributed by atoms with van der Waals surface area (Å²) >= 11 is 0. The Morgan fingerprint density at radius 1 is 1.04 bits per heavy atom. The Hall–Kier alpha value is -0.930. The lowest BCUT2D eigenvalue weighted by Gasteiger charge is -2.57. The molecule has 4 aliphatic carbocycles. The smallest absolute Gasteiger partial charge is 0.178 e. The van der Waals surface area contributed by atoms with E-state index < -0.39 is 0 Å². The highest BCUT2D eigenvalue weighted by Gasteiger charge is 2.66. The molecule has 0 N–H and O–H groups in total. The fourth-order valence-corrected chi connectivity index (χ4v) is 7.08. The second-order valence-electron chi connectivity index (χ2n) is 9.05. The number of fused-ring (bicyclic) bond motifs is 6. The molecule has 3 saturated carbocycles. The minimum Gasteiger partial charge on any atom is -0.347 e. The molecule has 130 valence electrons. The maximum absolute atomic E-state index is 11.8. The number of ketones is 1. The van der Waals surface area contributed by atoms with Gasteiger partial charge in [-0.2, -0.15) is 0 Å². The van der Waals surface area contributed by atoms with Crippen molar-refractivity contribution in [1.29, 1.82) is 0 Å². The molecular formula is C21H28O3. The lowest BCUT2D eigenvalue weighted by Crippen LogP contribution is -2.54. The van der Waals surface area contributed by atoms with Crippen molar-refractivity contribution < 1.29 is 14.3 Å². The molecule has 5 aliphatic rings. The molecule has 0 aromatic rings. The molecular weight excluding hydrogens is 300 g/mol. The molecule has 3 heteroatoms. The summed E-state index contributed by atoms with van der Waals surface area (Å²) in [6, 6.07) is 0. The number of allylic oxidation sites excluding steroid dienone is 4. The van der Waals surface area contributed by atoms with Crippen LogP contribution in [0.5, 0.6) is 0 Å². The third-order valence-electron chi connectivity index (χ3n) is 8.35. The van der Waals surface area contributed by atoms with Gasteiger partial charge >= 0.3 is 0 Å². The van der Waals surface area contributed by atoms with Crippen molar-refractivity contribution in [3.63, 3.8) is 0 Å². The van der Waals surface area contributed by atoms with Gasteiger partial charge in [-0.15, -0.1) is 0 Å². The molecule has 1 spiro atoms. The van der Waals surface area contributed by atoms with E-state index in [1.807, 2.05) is 6.08 Å². The van der Waals surface area contributed by atoms with E-state index in [0.717, 1.165) is 32.0 Å². The molecule has 1 aliphatic heterocycles. The van der Waals surface area contributed by atoms with E-state index in [2.05, 4.69) is 19.9 Å². The Kier molecular flexibility index (Phi) is 3.08. The molecule has 0 aromatic heterocycles. The lowest BCUT2D eigenvalue weighted by atomic mass is 9.48. The van der Waals surface area contributed by atoms with Crippen molar-refractivity contribution in [2.24, 2.45) is 28.6 Å². The molecule has 0 amide bonds. The quantitative estimate of drug-likeness (QED) is 0.673. The first-order valence-corrected chi connectivity index (χ1v) is 9.71. The van der Waals surface area contributed by atoms with Crippen LogP contribution < -0.4 is 0 Å². The van der Waals surface area contributed by atoms with E-state index >= 15 is 0 Å². The van der Waals surface area contributed by atoms with Crippen LogP contribution in [-0.4, -0.2) is 24.8 Å². The Bertz CT molecular complexity index is 641. The van der Waals surface area contributed by atoms with Crippen molar-refractivity contribution in [2.45, 2.75) is 58.2 Å². The largest absolute Gasteiger partial charge is 0.347 e. The molecule has 1 saturated heterocycles. The summed E-state index contributed by atoms with van der Waals surface area (Å²) in [6.07, 6.45) is 12.9. The minimum absolute atomic E-state index is 0.0886. The fourth-order valence-electron chi connectivity index (χ4n) is 7.08. The number of carbonyl (C=O) groups is 1. The standard InChI is InChI=1S/C21H28O3/c1-19-8-5-15(22)13-14(19)3-4-16-17(19)6-9-20(2)18(16)7-10-21(20)23-11-12-24-21/h5,8,13,16-18H,3-4,6-7,9-12H2,1-2H3/t16-,17+,18+,19-,20+/m0/s1.